The van der Waals surface area contributed by atoms with Crippen molar-refractivity contribution in [1.29, 1.82) is 0 Å². The van der Waals surface area contributed by atoms with Crippen molar-refractivity contribution in [3.8, 4) is 0 Å². The predicted octanol–water partition coefficient (Wildman–Crippen LogP) is 4.25. The zero-order valence-corrected chi connectivity index (χ0v) is 16.5. The van der Waals surface area contributed by atoms with Gasteiger partial charge in [0.1, 0.15) is 0 Å². The Hall–Kier alpha value is -2.91. The Bertz CT molecular complexity index is 911. The normalized spacial score (nSPS) is 21.9. The van der Waals surface area contributed by atoms with E-state index in [4.69, 9.17) is 0 Å². The Morgan fingerprint density at radius 3 is 1.76 bits per heavy atom. The molecule has 3 heteroatoms. The first-order valence-corrected chi connectivity index (χ1v) is 10.3. The van der Waals surface area contributed by atoms with Crippen LogP contribution < -0.4 is 0 Å². The van der Waals surface area contributed by atoms with Crippen LogP contribution in [0.5, 0.6) is 0 Å². The molecule has 4 rings (SSSR count). The van der Waals surface area contributed by atoms with Crippen LogP contribution >= 0.6 is 0 Å². The molecule has 29 heavy (non-hydrogen) atoms. The largest absolute Gasteiger partial charge is 0.391 e. The molecule has 3 aromatic rings. The maximum atomic E-state index is 13.5. The minimum absolute atomic E-state index is 0.143. The number of benzene rings is 3. The lowest BCUT2D eigenvalue weighted by Gasteiger charge is -2.43. The number of nitrogens with zero attached hydrogens (tertiary/aromatic N) is 1. The van der Waals surface area contributed by atoms with Crippen molar-refractivity contribution in [2.24, 2.45) is 5.92 Å². The molecule has 1 aliphatic rings. The van der Waals surface area contributed by atoms with E-state index in [2.05, 4.69) is 24.3 Å². The summed E-state index contributed by atoms with van der Waals surface area (Å²) < 4.78 is 0. The molecule has 3 atom stereocenters. The van der Waals surface area contributed by atoms with E-state index in [0.29, 0.717) is 25.8 Å². The number of piperidine rings is 1. The molecule has 0 unspecified atom stereocenters. The molecular weight excluding hydrogens is 358 g/mol. The summed E-state index contributed by atoms with van der Waals surface area (Å²) in [6.07, 6.45) is 1.31. The minimum atomic E-state index is -0.537. The van der Waals surface area contributed by atoms with E-state index in [0.717, 1.165) is 16.7 Å². The van der Waals surface area contributed by atoms with Gasteiger partial charge in [-0.25, -0.2) is 0 Å². The third kappa shape index (κ3) is 4.75. The molecule has 0 radical (unpaired) electrons. The maximum absolute atomic E-state index is 13.5. The Kier molecular flexibility index (Phi) is 6.06. The molecule has 3 aromatic carbocycles. The third-order valence-electron chi connectivity index (χ3n) is 5.81. The summed E-state index contributed by atoms with van der Waals surface area (Å²) in [7, 11) is 0. The summed E-state index contributed by atoms with van der Waals surface area (Å²) in [5.74, 6) is -0.0490. The van der Waals surface area contributed by atoms with E-state index in [1.807, 2.05) is 71.6 Å². The van der Waals surface area contributed by atoms with E-state index >= 15 is 0 Å². The second kappa shape index (κ2) is 9.06. The van der Waals surface area contributed by atoms with Gasteiger partial charge in [-0.2, -0.15) is 0 Å². The molecule has 0 aromatic heterocycles. The topological polar surface area (TPSA) is 40.5 Å². The van der Waals surface area contributed by atoms with Crippen LogP contribution in [0, 0.1) is 5.92 Å². The van der Waals surface area contributed by atoms with Crippen molar-refractivity contribution >= 4 is 5.91 Å². The lowest BCUT2D eigenvalue weighted by Crippen LogP contribution is -2.55. The second-order valence-electron chi connectivity index (χ2n) is 7.90. The van der Waals surface area contributed by atoms with E-state index in [1.165, 1.54) is 0 Å². The van der Waals surface area contributed by atoms with Gasteiger partial charge in [0.25, 0.3) is 0 Å². The summed E-state index contributed by atoms with van der Waals surface area (Å²) in [6, 6.07) is 30.1. The minimum Gasteiger partial charge on any atom is -0.391 e. The summed E-state index contributed by atoms with van der Waals surface area (Å²) in [5, 5.41) is 11.1. The Morgan fingerprint density at radius 2 is 1.21 bits per heavy atom. The number of carbonyl (C=O) groups excluding carboxylic acids is 1. The number of hydrogen-bond acceptors (Lipinski definition) is 2. The molecule has 1 aliphatic heterocycles. The van der Waals surface area contributed by atoms with Crippen LogP contribution in [0.3, 0.4) is 0 Å². The SMILES string of the molecule is O=C1[C@@H](Cc2ccccc2)C[C@@H](O)[C@H](Cc2ccccc2)N1Cc1ccccc1. The van der Waals surface area contributed by atoms with Gasteiger partial charge in [-0.3, -0.25) is 4.79 Å². The molecule has 1 fully saturated rings. The Labute approximate surface area is 172 Å². The number of aliphatic hydroxyl groups excluding tert-OH is 1. The molecule has 0 saturated carbocycles. The summed E-state index contributed by atoms with van der Waals surface area (Å²) in [6.45, 7) is 0.527. The lowest BCUT2D eigenvalue weighted by molar-refractivity contribution is -0.149. The fraction of sp³-hybridized carbons (Fsp3) is 0.269. The first kappa shape index (κ1) is 19.4. The van der Waals surface area contributed by atoms with Gasteiger partial charge in [0.2, 0.25) is 5.91 Å². The molecule has 0 aliphatic carbocycles. The number of rotatable bonds is 6. The highest BCUT2D eigenvalue weighted by molar-refractivity contribution is 5.80. The summed E-state index contributed by atoms with van der Waals surface area (Å²) >= 11 is 0. The Morgan fingerprint density at radius 1 is 0.724 bits per heavy atom. The Balaban J connectivity index is 1.59. The lowest BCUT2D eigenvalue weighted by atomic mass is 9.83. The molecule has 1 saturated heterocycles. The zero-order valence-electron chi connectivity index (χ0n) is 16.5. The van der Waals surface area contributed by atoms with Crippen molar-refractivity contribution in [3.05, 3.63) is 108 Å². The average Bonchev–Trinajstić information content (AvgIpc) is 2.76. The maximum Gasteiger partial charge on any atom is 0.226 e. The molecular formula is C26H27NO2. The van der Waals surface area contributed by atoms with Crippen LogP contribution in [0.4, 0.5) is 0 Å². The van der Waals surface area contributed by atoms with Gasteiger partial charge in [0.15, 0.2) is 0 Å². The smallest absolute Gasteiger partial charge is 0.226 e. The quantitative estimate of drug-likeness (QED) is 0.689. The van der Waals surface area contributed by atoms with E-state index in [9.17, 15) is 9.90 Å². The number of likely N-dealkylation sites (tertiary alicyclic amines) is 1. The number of hydrogen-bond donors (Lipinski definition) is 1. The fourth-order valence-corrected chi connectivity index (χ4v) is 4.30. The predicted molar refractivity (Wildman–Crippen MR) is 115 cm³/mol. The van der Waals surface area contributed by atoms with E-state index in [1.54, 1.807) is 0 Å². The monoisotopic (exact) mass is 385 g/mol. The van der Waals surface area contributed by atoms with E-state index < -0.39 is 6.10 Å². The highest BCUT2D eigenvalue weighted by Gasteiger charge is 2.40. The summed E-state index contributed by atoms with van der Waals surface area (Å²) in [4.78, 5) is 15.4. The fourth-order valence-electron chi connectivity index (χ4n) is 4.30. The number of aliphatic hydroxyl groups is 1. The van der Waals surface area contributed by atoms with Crippen molar-refractivity contribution < 1.29 is 9.90 Å². The third-order valence-corrected chi connectivity index (χ3v) is 5.81. The van der Waals surface area contributed by atoms with Gasteiger partial charge in [-0.15, -0.1) is 0 Å². The first-order valence-electron chi connectivity index (χ1n) is 10.3. The van der Waals surface area contributed by atoms with E-state index in [-0.39, 0.29) is 17.9 Å². The molecule has 3 nitrogen and oxygen atoms in total. The molecule has 1 amide bonds. The average molecular weight is 386 g/mol. The van der Waals surface area contributed by atoms with Crippen LogP contribution in [0.1, 0.15) is 23.1 Å². The van der Waals surface area contributed by atoms with Crippen molar-refractivity contribution in [1.82, 2.24) is 4.90 Å². The van der Waals surface area contributed by atoms with Gasteiger partial charge in [0, 0.05) is 12.5 Å². The van der Waals surface area contributed by atoms with Gasteiger partial charge >= 0.3 is 0 Å². The van der Waals surface area contributed by atoms with Crippen LogP contribution in [-0.4, -0.2) is 28.1 Å². The van der Waals surface area contributed by atoms with Crippen molar-refractivity contribution in [3.63, 3.8) is 0 Å². The van der Waals surface area contributed by atoms with Gasteiger partial charge in [-0.05, 0) is 36.0 Å². The highest BCUT2D eigenvalue weighted by atomic mass is 16.3. The summed E-state index contributed by atoms with van der Waals surface area (Å²) in [5.41, 5.74) is 3.37. The standard InChI is InChI=1S/C26H27NO2/c28-25-18-23(16-20-10-4-1-5-11-20)26(29)27(19-22-14-8-3-9-15-22)24(25)17-21-12-6-2-7-13-21/h1-15,23-25,28H,16-19H2/t23-,24-,25+/m0/s1. The van der Waals surface area contributed by atoms with Crippen molar-refractivity contribution in [2.45, 2.75) is 38.0 Å². The van der Waals surface area contributed by atoms with Gasteiger partial charge in [-0.1, -0.05) is 91.0 Å². The number of carbonyl (C=O) groups is 1. The first-order chi connectivity index (χ1) is 14.2. The molecule has 0 spiro atoms. The molecule has 148 valence electrons. The molecule has 1 heterocycles. The zero-order chi connectivity index (χ0) is 20.1. The van der Waals surface area contributed by atoms with Crippen LogP contribution in [0.2, 0.25) is 0 Å². The highest BCUT2D eigenvalue weighted by Crippen LogP contribution is 2.30. The second-order valence-corrected chi connectivity index (χ2v) is 7.90. The van der Waals surface area contributed by atoms with Crippen molar-refractivity contribution in [2.75, 3.05) is 0 Å². The molecule has 1 N–H and O–H groups in total. The van der Waals surface area contributed by atoms with Crippen LogP contribution in [-0.2, 0) is 24.2 Å². The van der Waals surface area contributed by atoms with Gasteiger partial charge in [0.05, 0.1) is 12.1 Å². The van der Waals surface area contributed by atoms with Crippen LogP contribution in [0.25, 0.3) is 0 Å². The van der Waals surface area contributed by atoms with Crippen LogP contribution in [0.15, 0.2) is 91.0 Å². The van der Waals surface area contributed by atoms with Gasteiger partial charge < -0.3 is 10.0 Å². The number of amides is 1. The molecule has 0 bridgehead atoms.